The molecule has 0 saturated heterocycles. The van der Waals surface area contributed by atoms with Gasteiger partial charge in [-0.1, -0.05) is 11.6 Å². The Hall–Kier alpha value is -2.08. The number of hydrogen-bond acceptors (Lipinski definition) is 3. The van der Waals surface area contributed by atoms with Crippen LogP contribution in [0.3, 0.4) is 0 Å². The van der Waals surface area contributed by atoms with Crippen molar-refractivity contribution in [2.45, 2.75) is 26.8 Å². The first-order chi connectivity index (χ1) is 10.3. The van der Waals surface area contributed by atoms with E-state index >= 15 is 0 Å². The lowest BCUT2D eigenvalue weighted by molar-refractivity contribution is 0.0943. The molecule has 5 nitrogen and oxygen atoms in total. The molecule has 2 N–H and O–H groups in total. The van der Waals surface area contributed by atoms with Gasteiger partial charge in [-0.25, -0.2) is 8.42 Å². The Morgan fingerprint density at radius 3 is 2.64 bits per heavy atom. The Labute approximate surface area is 129 Å². The maximum atomic E-state index is 12.4. The lowest BCUT2D eigenvalue weighted by Crippen LogP contribution is -2.35. The molecule has 2 heterocycles. The van der Waals surface area contributed by atoms with Gasteiger partial charge in [0.15, 0.2) is 9.84 Å². The van der Waals surface area contributed by atoms with Crippen LogP contribution in [-0.2, 0) is 9.84 Å². The highest BCUT2D eigenvalue weighted by molar-refractivity contribution is 7.94. The number of carbonyl (C=O) groups is 1. The second-order valence-electron chi connectivity index (χ2n) is 5.87. The smallest absolute Gasteiger partial charge is 0.268 e. The Morgan fingerprint density at radius 1 is 1.27 bits per heavy atom. The largest absolute Gasteiger partial charge is 0.350 e. The van der Waals surface area contributed by atoms with Crippen molar-refractivity contribution in [2.75, 3.05) is 5.75 Å². The second-order valence-corrected chi connectivity index (χ2v) is 7.80. The zero-order valence-corrected chi connectivity index (χ0v) is 13.5. The minimum atomic E-state index is -3.18. The maximum absolute atomic E-state index is 12.4. The first-order valence-electron chi connectivity index (χ1n) is 7.08. The average molecular weight is 318 g/mol. The standard InChI is InChI=1S/C16H18N2O3S/c1-9-6-10(2)14-13(7-9)11(3)15(18-14)16(19)17-12-4-5-22(20,21)8-12/h4-7,12,18H,8H2,1-3H3,(H,17,19)/t12-/m1/s1. The number of benzene rings is 1. The number of carbonyl (C=O) groups excluding carboxylic acids is 1. The van der Waals surface area contributed by atoms with Crippen molar-refractivity contribution in [3.05, 3.63) is 46.0 Å². The molecule has 0 spiro atoms. The third kappa shape index (κ3) is 2.54. The number of amides is 1. The fourth-order valence-electron chi connectivity index (χ4n) is 2.92. The molecule has 116 valence electrons. The van der Waals surface area contributed by atoms with Crippen LogP contribution in [0.2, 0.25) is 0 Å². The van der Waals surface area contributed by atoms with E-state index in [0.29, 0.717) is 5.69 Å². The molecule has 1 aromatic carbocycles. The van der Waals surface area contributed by atoms with E-state index in [4.69, 9.17) is 0 Å². The van der Waals surface area contributed by atoms with E-state index in [-0.39, 0.29) is 11.7 Å². The highest BCUT2D eigenvalue weighted by atomic mass is 32.2. The molecule has 0 unspecified atom stereocenters. The van der Waals surface area contributed by atoms with Crippen LogP contribution in [0.5, 0.6) is 0 Å². The SMILES string of the molecule is Cc1cc(C)c2[nH]c(C(=O)N[C@@H]3C=CS(=O)(=O)C3)c(C)c2c1. The molecule has 6 heteroatoms. The van der Waals surface area contributed by atoms with Gasteiger partial charge in [-0.15, -0.1) is 0 Å². The van der Waals surface area contributed by atoms with Gasteiger partial charge in [0, 0.05) is 16.3 Å². The van der Waals surface area contributed by atoms with Crippen LogP contribution in [0.4, 0.5) is 0 Å². The molecule has 22 heavy (non-hydrogen) atoms. The van der Waals surface area contributed by atoms with Gasteiger partial charge < -0.3 is 10.3 Å². The number of rotatable bonds is 2. The van der Waals surface area contributed by atoms with Crippen molar-refractivity contribution in [3.8, 4) is 0 Å². The van der Waals surface area contributed by atoms with Gasteiger partial charge in [0.05, 0.1) is 11.8 Å². The van der Waals surface area contributed by atoms with Crippen LogP contribution in [0, 0.1) is 20.8 Å². The summed E-state index contributed by atoms with van der Waals surface area (Å²) >= 11 is 0. The molecule has 0 saturated carbocycles. The minimum Gasteiger partial charge on any atom is -0.350 e. The molecule has 1 amide bonds. The summed E-state index contributed by atoms with van der Waals surface area (Å²) in [5, 5.41) is 4.93. The zero-order valence-electron chi connectivity index (χ0n) is 12.7. The Bertz CT molecular complexity index is 907. The molecule has 0 radical (unpaired) electrons. The van der Waals surface area contributed by atoms with Gasteiger partial charge in [-0.3, -0.25) is 4.79 Å². The molecule has 0 fully saturated rings. The number of fused-ring (bicyclic) bond motifs is 1. The zero-order chi connectivity index (χ0) is 16.1. The number of aromatic amines is 1. The van der Waals surface area contributed by atoms with E-state index in [0.717, 1.165) is 33.0 Å². The summed E-state index contributed by atoms with van der Waals surface area (Å²) in [5.41, 5.74) is 4.54. The van der Waals surface area contributed by atoms with Gasteiger partial charge in [0.25, 0.3) is 5.91 Å². The molecule has 1 aromatic heterocycles. The predicted molar refractivity (Wildman–Crippen MR) is 86.7 cm³/mol. The van der Waals surface area contributed by atoms with Crippen LogP contribution in [0.1, 0.15) is 27.2 Å². The van der Waals surface area contributed by atoms with Crippen LogP contribution < -0.4 is 5.32 Å². The van der Waals surface area contributed by atoms with Crippen molar-refractivity contribution in [2.24, 2.45) is 0 Å². The molecular weight excluding hydrogens is 300 g/mol. The summed E-state index contributed by atoms with van der Waals surface area (Å²) in [6.07, 6.45) is 1.51. The van der Waals surface area contributed by atoms with E-state index in [9.17, 15) is 13.2 Å². The lowest BCUT2D eigenvalue weighted by atomic mass is 10.1. The molecular formula is C16H18N2O3S. The number of aryl methyl sites for hydroxylation is 3. The van der Waals surface area contributed by atoms with E-state index < -0.39 is 15.9 Å². The molecule has 1 aliphatic rings. The fourth-order valence-corrected chi connectivity index (χ4v) is 4.15. The van der Waals surface area contributed by atoms with E-state index in [1.54, 1.807) is 0 Å². The Morgan fingerprint density at radius 2 is 2.00 bits per heavy atom. The maximum Gasteiger partial charge on any atom is 0.268 e. The van der Waals surface area contributed by atoms with E-state index in [1.807, 2.05) is 26.8 Å². The van der Waals surface area contributed by atoms with Gasteiger partial charge >= 0.3 is 0 Å². The summed E-state index contributed by atoms with van der Waals surface area (Å²) in [5.74, 6) is -0.353. The molecule has 3 rings (SSSR count). The van der Waals surface area contributed by atoms with E-state index in [1.165, 1.54) is 6.08 Å². The summed E-state index contributed by atoms with van der Waals surface area (Å²) in [6.45, 7) is 5.92. The summed E-state index contributed by atoms with van der Waals surface area (Å²) < 4.78 is 22.8. The topological polar surface area (TPSA) is 79.0 Å². The summed E-state index contributed by atoms with van der Waals surface area (Å²) in [7, 11) is -3.18. The number of nitrogens with one attached hydrogen (secondary N) is 2. The highest BCUT2D eigenvalue weighted by Crippen LogP contribution is 2.26. The average Bonchev–Trinajstić information content (AvgIpc) is 2.91. The third-order valence-electron chi connectivity index (χ3n) is 3.98. The first-order valence-corrected chi connectivity index (χ1v) is 8.80. The van der Waals surface area contributed by atoms with Gasteiger partial charge in [-0.2, -0.15) is 0 Å². The Balaban J connectivity index is 1.94. The molecule has 2 aromatic rings. The van der Waals surface area contributed by atoms with Crippen LogP contribution >= 0.6 is 0 Å². The first kappa shape index (κ1) is 14.8. The molecule has 0 aliphatic carbocycles. The second kappa shape index (κ2) is 4.98. The number of hydrogen-bond donors (Lipinski definition) is 2. The third-order valence-corrected chi connectivity index (χ3v) is 5.38. The number of aromatic nitrogens is 1. The molecule has 0 bridgehead atoms. The van der Waals surface area contributed by atoms with Gasteiger partial charge in [-0.05, 0) is 44.0 Å². The van der Waals surface area contributed by atoms with Gasteiger partial charge in [0.2, 0.25) is 0 Å². The van der Waals surface area contributed by atoms with Crippen molar-refractivity contribution >= 4 is 26.6 Å². The van der Waals surface area contributed by atoms with Gasteiger partial charge in [0.1, 0.15) is 5.69 Å². The predicted octanol–water partition coefficient (Wildman–Crippen LogP) is 2.13. The van der Waals surface area contributed by atoms with Crippen LogP contribution in [0.25, 0.3) is 10.9 Å². The van der Waals surface area contributed by atoms with Crippen LogP contribution in [0.15, 0.2) is 23.6 Å². The highest BCUT2D eigenvalue weighted by Gasteiger charge is 2.25. The summed E-state index contributed by atoms with van der Waals surface area (Å²) in [4.78, 5) is 15.6. The normalized spacial score (nSPS) is 19.7. The van der Waals surface area contributed by atoms with Crippen LogP contribution in [-0.4, -0.2) is 31.1 Å². The van der Waals surface area contributed by atoms with Crippen molar-refractivity contribution < 1.29 is 13.2 Å². The quantitative estimate of drug-likeness (QED) is 0.890. The lowest BCUT2D eigenvalue weighted by Gasteiger charge is -2.09. The number of H-pyrrole nitrogens is 1. The van der Waals surface area contributed by atoms with Crippen molar-refractivity contribution in [3.63, 3.8) is 0 Å². The molecule has 1 aliphatic heterocycles. The number of sulfone groups is 1. The molecule has 1 atom stereocenters. The summed E-state index contributed by atoms with van der Waals surface area (Å²) in [6, 6.07) is 3.64. The fraction of sp³-hybridized carbons (Fsp3) is 0.312. The van der Waals surface area contributed by atoms with Crippen molar-refractivity contribution in [1.82, 2.24) is 10.3 Å². The van der Waals surface area contributed by atoms with E-state index in [2.05, 4.69) is 16.4 Å². The van der Waals surface area contributed by atoms with Crippen molar-refractivity contribution in [1.29, 1.82) is 0 Å². The Kier molecular flexibility index (Phi) is 3.36. The minimum absolute atomic E-state index is 0.0733. The monoisotopic (exact) mass is 318 g/mol.